The fourth-order valence-corrected chi connectivity index (χ4v) is 2.43. The molecule has 0 unspecified atom stereocenters. The fraction of sp³-hybridized carbons (Fsp3) is 0.278. The molecule has 0 spiro atoms. The van der Waals surface area contributed by atoms with E-state index in [0.29, 0.717) is 41.1 Å². The molecule has 0 saturated carbocycles. The van der Waals surface area contributed by atoms with Gasteiger partial charge in [-0.15, -0.1) is 0 Å². The van der Waals surface area contributed by atoms with E-state index in [-0.39, 0.29) is 6.03 Å². The number of anilines is 1. The van der Waals surface area contributed by atoms with E-state index in [1.807, 2.05) is 19.1 Å². The predicted molar refractivity (Wildman–Crippen MR) is 98.0 cm³/mol. The van der Waals surface area contributed by atoms with Gasteiger partial charge in [-0.2, -0.15) is 0 Å². The van der Waals surface area contributed by atoms with Gasteiger partial charge in [0.15, 0.2) is 11.5 Å². The van der Waals surface area contributed by atoms with Crippen LogP contribution in [0.25, 0.3) is 0 Å². The molecule has 0 aromatic heterocycles. The highest BCUT2D eigenvalue weighted by Gasteiger charge is 2.08. The van der Waals surface area contributed by atoms with Crippen LogP contribution in [0.1, 0.15) is 12.5 Å². The second kappa shape index (κ2) is 9.03. The molecule has 2 N–H and O–H groups in total. The third-order valence-corrected chi connectivity index (χ3v) is 3.69. The molecular weight excluding hydrogens is 344 g/mol. The SMILES string of the molecule is CCOc1ccc(NC(=O)NCc2ccc(OC)c(OC)c2)cc1Cl. The zero-order valence-corrected chi connectivity index (χ0v) is 15.1. The Morgan fingerprint density at radius 3 is 2.40 bits per heavy atom. The summed E-state index contributed by atoms with van der Waals surface area (Å²) < 4.78 is 15.8. The minimum Gasteiger partial charge on any atom is -0.493 e. The van der Waals surface area contributed by atoms with Gasteiger partial charge in [-0.05, 0) is 42.8 Å². The lowest BCUT2D eigenvalue weighted by Gasteiger charge is -2.12. The van der Waals surface area contributed by atoms with Crippen molar-refractivity contribution in [3.63, 3.8) is 0 Å². The van der Waals surface area contributed by atoms with Gasteiger partial charge in [-0.25, -0.2) is 4.79 Å². The summed E-state index contributed by atoms with van der Waals surface area (Å²) in [6.07, 6.45) is 0. The quantitative estimate of drug-likeness (QED) is 0.776. The van der Waals surface area contributed by atoms with Crippen molar-refractivity contribution in [2.45, 2.75) is 13.5 Å². The molecule has 7 heteroatoms. The van der Waals surface area contributed by atoms with Gasteiger partial charge in [-0.3, -0.25) is 0 Å². The summed E-state index contributed by atoms with van der Waals surface area (Å²) in [5.41, 5.74) is 1.47. The second-order valence-electron chi connectivity index (χ2n) is 5.08. The highest BCUT2D eigenvalue weighted by Crippen LogP contribution is 2.28. The van der Waals surface area contributed by atoms with Crippen LogP contribution in [0.2, 0.25) is 5.02 Å². The molecular formula is C18H21ClN2O4. The van der Waals surface area contributed by atoms with E-state index < -0.39 is 0 Å². The van der Waals surface area contributed by atoms with E-state index in [0.717, 1.165) is 5.56 Å². The molecule has 0 aliphatic heterocycles. The predicted octanol–water partition coefficient (Wildman–Crippen LogP) is 4.08. The number of hydrogen-bond acceptors (Lipinski definition) is 4. The zero-order chi connectivity index (χ0) is 18.2. The molecule has 0 fully saturated rings. The van der Waals surface area contributed by atoms with Crippen molar-refractivity contribution in [3.8, 4) is 17.2 Å². The molecule has 2 aromatic carbocycles. The highest BCUT2D eigenvalue weighted by atomic mass is 35.5. The van der Waals surface area contributed by atoms with Gasteiger partial charge >= 0.3 is 6.03 Å². The van der Waals surface area contributed by atoms with Crippen LogP contribution >= 0.6 is 11.6 Å². The van der Waals surface area contributed by atoms with Crippen LogP contribution in [-0.2, 0) is 6.54 Å². The third-order valence-electron chi connectivity index (χ3n) is 3.39. The van der Waals surface area contributed by atoms with Crippen LogP contribution in [0.4, 0.5) is 10.5 Å². The molecule has 0 atom stereocenters. The van der Waals surface area contributed by atoms with Gasteiger partial charge in [-0.1, -0.05) is 17.7 Å². The minimum absolute atomic E-state index is 0.338. The van der Waals surface area contributed by atoms with Crippen LogP contribution in [0.3, 0.4) is 0 Å². The third kappa shape index (κ3) is 5.19. The van der Waals surface area contributed by atoms with Crippen LogP contribution in [-0.4, -0.2) is 26.9 Å². The van der Waals surface area contributed by atoms with Gasteiger partial charge in [0.1, 0.15) is 5.75 Å². The number of urea groups is 1. The molecule has 134 valence electrons. The fourth-order valence-electron chi connectivity index (χ4n) is 2.20. The number of amides is 2. The molecule has 0 radical (unpaired) electrons. The Balaban J connectivity index is 1.93. The molecule has 0 bridgehead atoms. The van der Waals surface area contributed by atoms with Crippen LogP contribution in [0.5, 0.6) is 17.2 Å². The number of hydrogen-bond donors (Lipinski definition) is 2. The van der Waals surface area contributed by atoms with Crippen molar-refractivity contribution in [1.29, 1.82) is 0 Å². The van der Waals surface area contributed by atoms with E-state index in [1.165, 1.54) is 0 Å². The lowest BCUT2D eigenvalue weighted by atomic mass is 10.2. The number of nitrogens with one attached hydrogen (secondary N) is 2. The minimum atomic E-state index is -0.338. The van der Waals surface area contributed by atoms with E-state index in [9.17, 15) is 4.79 Å². The summed E-state index contributed by atoms with van der Waals surface area (Å²) in [7, 11) is 3.14. The smallest absolute Gasteiger partial charge is 0.319 e. The Labute approximate surface area is 152 Å². The molecule has 6 nitrogen and oxygen atoms in total. The Kier molecular flexibility index (Phi) is 6.77. The van der Waals surface area contributed by atoms with Gasteiger partial charge in [0.05, 0.1) is 25.8 Å². The second-order valence-corrected chi connectivity index (χ2v) is 5.48. The zero-order valence-electron chi connectivity index (χ0n) is 14.4. The number of ether oxygens (including phenoxy) is 3. The lowest BCUT2D eigenvalue weighted by Crippen LogP contribution is -2.28. The summed E-state index contributed by atoms with van der Waals surface area (Å²) in [4.78, 5) is 12.0. The van der Waals surface area contributed by atoms with Crippen LogP contribution in [0, 0.1) is 0 Å². The molecule has 25 heavy (non-hydrogen) atoms. The Morgan fingerprint density at radius 2 is 1.76 bits per heavy atom. The first-order chi connectivity index (χ1) is 12.1. The van der Waals surface area contributed by atoms with Gasteiger partial charge in [0.2, 0.25) is 0 Å². The van der Waals surface area contributed by atoms with E-state index in [2.05, 4.69) is 10.6 Å². The number of benzene rings is 2. The maximum atomic E-state index is 12.0. The van der Waals surface area contributed by atoms with E-state index in [1.54, 1.807) is 38.5 Å². The Hall–Kier alpha value is -2.60. The average Bonchev–Trinajstić information content (AvgIpc) is 2.62. The number of carbonyl (C=O) groups is 1. The molecule has 0 heterocycles. The van der Waals surface area contributed by atoms with E-state index >= 15 is 0 Å². The first-order valence-electron chi connectivity index (χ1n) is 7.75. The van der Waals surface area contributed by atoms with Crippen LogP contribution in [0.15, 0.2) is 36.4 Å². The number of carbonyl (C=O) groups excluding carboxylic acids is 1. The largest absolute Gasteiger partial charge is 0.493 e. The standard InChI is InChI=1S/C18H21ClN2O4/c1-4-25-15-8-6-13(10-14(15)19)21-18(22)20-11-12-5-7-16(23-2)17(9-12)24-3/h5-10H,4,11H2,1-3H3,(H2,20,21,22). The normalized spacial score (nSPS) is 10.1. The summed E-state index contributed by atoms with van der Waals surface area (Å²) in [6, 6.07) is 10.2. The molecule has 2 rings (SSSR count). The maximum Gasteiger partial charge on any atom is 0.319 e. The molecule has 2 amide bonds. The van der Waals surface area contributed by atoms with Crippen molar-refractivity contribution >= 4 is 23.3 Å². The maximum absolute atomic E-state index is 12.0. The molecule has 0 aliphatic rings. The highest BCUT2D eigenvalue weighted by molar-refractivity contribution is 6.32. The first-order valence-corrected chi connectivity index (χ1v) is 8.13. The number of halogens is 1. The van der Waals surface area contributed by atoms with Crippen molar-refractivity contribution in [2.75, 3.05) is 26.1 Å². The molecule has 2 aromatic rings. The van der Waals surface area contributed by atoms with Crippen LogP contribution < -0.4 is 24.8 Å². The summed E-state index contributed by atoms with van der Waals surface area (Å²) in [6.45, 7) is 2.75. The lowest BCUT2D eigenvalue weighted by molar-refractivity contribution is 0.251. The molecule has 0 saturated heterocycles. The van der Waals surface area contributed by atoms with Crippen molar-refractivity contribution in [1.82, 2.24) is 5.32 Å². The van der Waals surface area contributed by atoms with Crippen molar-refractivity contribution in [3.05, 3.63) is 47.0 Å². The summed E-state index contributed by atoms with van der Waals surface area (Å²) >= 11 is 6.10. The number of rotatable bonds is 7. The van der Waals surface area contributed by atoms with Gasteiger partial charge in [0.25, 0.3) is 0 Å². The van der Waals surface area contributed by atoms with E-state index in [4.69, 9.17) is 25.8 Å². The average molecular weight is 365 g/mol. The topological polar surface area (TPSA) is 68.8 Å². The monoisotopic (exact) mass is 364 g/mol. The van der Waals surface area contributed by atoms with Crippen molar-refractivity contribution in [2.24, 2.45) is 0 Å². The first kappa shape index (κ1) is 18.7. The van der Waals surface area contributed by atoms with Gasteiger partial charge < -0.3 is 24.8 Å². The number of methoxy groups -OCH3 is 2. The Bertz CT molecular complexity index is 737. The van der Waals surface area contributed by atoms with Gasteiger partial charge in [0, 0.05) is 12.2 Å². The molecule has 0 aliphatic carbocycles. The van der Waals surface area contributed by atoms with Crippen molar-refractivity contribution < 1.29 is 19.0 Å². The Morgan fingerprint density at radius 1 is 1.04 bits per heavy atom. The summed E-state index contributed by atoms with van der Waals surface area (Å²) in [5.74, 6) is 1.83. The summed E-state index contributed by atoms with van der Waals surface area (Å²) in [5, 5.41) is 5.95.